The first kappa shape index (κ1) is 21.5. The van der Waals surface area contributed by atoms with Crippen LogP contribution in [0.5, 0.6) is 0 Å². The van der Waals surface area contributed by atoms with Crippen molar-refractivity contribution < 1.29 is 4.21 Å². The molecule has 2 N–H and O–H groups in total. The molecule has 0 spiro atoms. The van der Waals surface area contributed by atoms with Crippen LogP contribution in [0.3, 0.4) is 0 Å². The van der Waals surface area contributed by atoms with Gasteiger partial charge in [0.1, 0.15) is 0 Å². The number of guanidine groups is 1. The first-order chi connectivity index (χ1) is 11.7. The normalized spacial score (nSPS) is 29.9. The summed E-state index contributed by atoms with van der Waals surface area (Å²) >= 11 is 0. The van der Waals surface area contributed by atoms with E-state index < -0.39 is 10.8 Å². The Labute approximate surface area is 173 Å². The Balaban J connectivity index is 0.00000225. The SMILES string of the molecule is CCNC(=NCC1(C2CC2)CCC1)NC1CCCC(S(=O)CC)C1.I. The van der Waals surface area contributed by atoms with Crippen LogP contribution in [-0.4, -0.2) is 40.3 Å². The van der Waals surface area contributed by atoms with Crippen LogP contribution in [0.2, 0.25) is 0 Å². The Morgan fingerprint density at radius 3 is 2.48 bits per heavy atom. The zero-order valence-electron chi connectivity index (χ0n) is 15.9. The molecule has 0 aromatic rings. The molecule has 0 amide bonds. The second-order valence-corrected chi connectivity index (χ2v) is 9.99. The minimum atomic E-state index is -0.661. The van der Waals surface area contributed by atoms with Gasteiger partial charge in [0, 0.05) is 40.9 Å². The summed E-state index contributed by atoms with van der Waals surface area (Å²) in [5.41, 5.74) is 0.529. The van der Waals surface area contributed by atoms with Crippen LogP contribution in [0.4, 0.5) is 0 Å². The smallest absolute Gasteiger partial charge is 0.191 e. The Morgan fingerprint density at radius 1 is 1.16 bits per heavy atom. The summed E-state index contributed by atoms with van der Waals surface area (Å²) in [4.78, 5) is 4.97. The topological polar surface area (TPSA) is 53.5 Å². The summed E-state index contributed by atoms with van der Waals surface area (Å²) in [7, 11) is -0.661. The van der Waals surface area contributed by atoms with E-state index in [1.807, 2.05) is 6.92 Å². The molecule has 6 heteroatoms. The van der Waals surface area contributed by atoms with E-state index in [0.29, 0.717) is 16.7 Å². The Morgan fingerprint density at radius 2 is 1.92 bits per heavy atom. The zero-order valence-corrected chi connectivity index (χ0v) is 19.0. The molecule has 0 bridgehead atoms. The van der Waals surface area contributed by atoms with E-state index in [9.17, 15) is 4.21 Å². The van der Waals surface area contributed by atoms with Crippen LogP contribution < -0.4 is 10.6 Å². The lowest BCUT2D eigenvalue weighted by Gasteiger charge is -2.41. The van der Waals surface area contributed by atoms with Gasteiger partial charge in [-0.05, 0) is 63.2 Å². The third kappa shape index (κ3) is 5.56. The molecule has 4 nitrogen and oxygen atoms in total. The van der Waals surface area contributed by atoms with Crippen LogP contribution >= 0.6 is 24.0 Å². The lowest BCUT2D eigenvalue weighted by molar-refractivity contribution is 0.113. The molecule has 0 aromatic heterocycles. The zero-order chi connectivity index (χ0) is 17.0. The molecular formula is C19H36IN3OS. The fourth-order valence-electron chi connectivity index (χ4n) is 4.52. The van der Waals surface area contributed by atoms with E-state index in [1.54, 1.807) is 0 Å². The van der Waals surface area contributed by atoms with E-state index in [2.05, 4.69) is 17.6 Å². The molecule has 0 aliphatic heterocycles. The summed E-state index contributed by atoms with van der Waals surface area (Å²) < 4.78 is 12.1. The van der Waals surface area contributed by atoms with Crippen molar-refractivity contribution in [2.24, 2.45) is 16.3 Å². The van der Waals surface area contributed by atoms with Crippen molar-refractivity contribution in [2.75, 3.05) is 18.8 Å². The monoisotopic (exact) mass is 481 g/mol. The first-order valence-electron chi connectivity index (χ1n) is 10.1. The molecule has 3 unspecified atom stereocenters. The fraction of sp³-hybridized carbons (Fsp3) is 0.947. The average molecular weight is 481 g/mol. The van der Waals surface area contributed by atoms with Gasteiger partial charge in [-0.1, -0.05) is 19.8 Å². The lowest BCUT2D eigenvalue weighted by Crippen LogP contribution is -2.47. The Hall–Kier alpha value is 0.150. The standard InChI is InChI=1S/C19H35N3OS.HI/c1-3-20-18(21-14-19(11-6-12-19)15-9-10-15)22-16-7-5-8-17(13-16)24(23)4-2;/h15-17H,3-14H2,1-2H3,(H2,20,21,22);1H. The van der Waals surface area contributed by atoms with Crippen LogP contribution in [-0.2, 0) is 10.8 Å². The second-order valence-electron chi connectivity index (χ2n) is 7.98. The third-order valence-corrected chi connectivity index (χ3v) is 8.05. The van der Waals surface area contributed by atoms with Gasteiger partial charge >= 0.3 is 0 Å². The van der Waals surface area contributed by atoms with Gasteiger partial charge in [-0.2, -0.15) is 0 Å². The summed E-state index contributed by atoms with van der Waals surface area (Å²) in [6.45, 7) is 6.06. The Kier molecular flexibility index (Phi) is 8.50. The maximum atomic E-state index is 12.1. The average Bonchev–Trinajstić information content (AvgIpc) is 3.39. The summed E-state index contributed by atoms with van der Waals surface area (Å²) in [6.07, 6.45) is 11.5. The summed E-state index contributed by atoms with van der Waals surface area (Å²) in [6, 6.07) is 0.426. The molecule has 3 aliphatic rings. The second kappa shape index (κ2) is 9.90. The van der Waals surface area contributed by atoms with Gasteiger partial charge in [-0.15, -0.1) is 24.0 Å². The minimum Gasteiger partial charge on any atom is -0.357 e. The van der Waals surface area contributed by atoms with Gasteiger partial charge in [0.05, 0.1) is 0 Å². The minimum absolute atomic E-state index is 0. The molecule has 3 rings (SSSR count). The summed E-state index contributed by atoms with van der Waals surface area (Å²) in [5.74, 6) is 2.72. The number of aliphatic imine (C=N–C) groups is 1. The molecule has 3 fully saturated rings. The van der Waals surface area contributed by atoms with Crippen molar-refractivity contribution in [2.45, 2.75) is 82.9 Å². The molecule has 3 saturated carbocycles. The van der Waals surface area contributed by atoms with Crippen molar-refractivity contribution in [3.05, 3.63) is 0 Å². The molecule has 146 valence electrons. The fourth-order valence-corrected chi connectivity index (χ4v) is 5.87. The number of nitrogens with zero attached hydrogens (tertiary/aromatic N) is 1. The molecular weight excluding hydrogens is 445 g/mol. The number of hydrogen-bond acceptors (Lipinski definition) is 2. The predicted molar refractivity (Wildman–Crippen MR) is 118 cm³/mol. The third-order valence-electron chi connectivity index (χ3n) is 6.31. The van der Waals surface area contributed by atoms with Crippen LogP contribution in [0.25, 0.3) is 0 Å². The van der Waals surface area contributed by atoms with E-state index in [1.165, 1.54) is 44.9 Å². The van der Waals surface area contributed by atoms with Gasteiger partial charge in [0.15, 0.2) is 5.96 Å². The van der Waals surface area contributed by atoms with Gasteiger partial charge in [0.25, 0.3) is 0 Å². The molecule has 0 saturated heterocycles. The number of hydrogen-bond donors (Lipinski definition) is 2. The lowest BCUT2D eigenvalue weighted by atomic mass is 9.65. The van der Waals surface area contributed by atoms with Gasteiger partial charge < -0.3 is 10.6 Å². The van der Waals surface area contributed by atoms with Crippen LogP contribution in [0.1, 0.15) is 71.6 Å². The predicted octanol–water partition coefficient (Wildman–Crippen LogP) is 3.82. The van der Waals surface area contributed by atoms with Crippen molar-refractivity contribution in [3.8, 4) is 0 Å². The highest BCUT2D eigenvalue weighted by Crippen LogP contribution is 2.57. The Bertz CT molecular complexity index is 477. The molecule has 0 aromatic carbocycles. The quantitative estimate of drug-likeness (QED) is 0.330. The maximum absolute atomic E-state index is 12.1. The van der Waals surface area contributed by atoms with Crippen molar-refractivity contribution in [1.29, 1.82) is 0 Å². The highest BCUT2D eigenvalue weighted by atomic mass is 127. The molecule has 3 aliphatic carbocycles. The van der Waals surface area contributed by atoms with Gasteiger partial charge in [0.2, 0.25) is 0 Å². The van der Waals surface area contributed by atoms with Crippen molar-refractivity contribution in [3.63, 3.8) is 0 Å². The van der Waals surface area contributed by atoms with Crippen LogP contribution in [0.15, 0.2) is 4.99 Å². The first-order valence-corrected chi connectivity index (χ1v) is 11.5. The molecule has 25 heavy (non-hydrogen) atoms. The maximum Gasteiger partial charge on any atom is 0.191 e. The summed E-state index contributed by atoms with van der Waals surface area (Å²) in [5, 5.41) is 7.45. The molecule has 0 radical (unpaired) electrons. The number of nitrogens with one attached hydrogen (secondary N) is 2. The van der Waals surface area contributed by atoms with Crippen LogP contribution in [0, 0.1) is 11.3 Å². The van der Waals surface area contributed by atoms with E-state index in [4.69, 9.17) is 4.99 Å². The molecule has 0 heterocycles. The number of halogens is 1. The molecule has 3 atom stereocenters. The van der Waals surface area contributed by atoms with Crippen molar-refractivity contribution in [1.82, 2.24) is 10.6 Å². The van der Waals surface area contributed by atoms with E-state index in [-0.39, 0.29) is 24.0 Å². The van der Waals surface area contributed by atoms with Gasteiger partial charge in [-0.25, -0.2) is 0 Å². The van der Waals surface area contributed by atoms with E-state index in [0.717, 1.165) is 43.6 Å². The van der Waals surface area contributed by atoms with Crippen molar-refractivity contribution >= 4 is 40.7 Å². The highest BCUT2D eigenvalue weighted by molar-refractivity contribution is 14.0. The highest BCUT2D eigenvalue weighted by Gasteiger charge is 2.48. The van der Waals surface area contributed by atoms with E-state index >= 15 is 0 Å². The number of rotatable bonds is 7. The van der Waals surface area contributed by atoms with Gasteiger partial charge in [-0.3, -0.25) is 9.20 Å². The largest absolute Gasteiger partial charge is 0.357 e.